The highest BCUT2D eigenvalue weighted by molar-refractivity contribution is 4.98. The summed E-state index contributed by atoms with van der Waals surface area (Å²) in [6.07, 6.45) is 5.92. The zero-order valence-electron chi connectivity index (χ0n) is 12.8. The van der Waals surface area contributed by atoms with Gasteiger partial charge in [0.1, 0.15) is 0 Å². The number of fused-ring (bicyclic) bond motifs is 1. The summed E-state index contributed by atoms with van der Waals surface area (Å²) >= 11 is 0. The van der Waals surface area contributed by atoms with Gasteiger partial charge in [0.05, 0.1) is 6.10 Å². The fourth-order valence-corrected chi connectivity index (χ4v) is 4.55. The van der Waals surface area contributed by atoms with E-state index in [2.05, 4.69) is 30.6 Å². The second-order valence-electron chi connectivity index (χ2n) is 7.88. The largest absolute Gasteiger partial charge is 0.391 e. The van der Waals surface area contributed by atoms with Crippen LogP contribution in [0.3, 0.4) is 0 Å². The van der Waals surface area contributed by atoms with Crippen molar-refractivity contribution >= 4 is 0 Å². The molecule has 3 heteroatoms. The van der Waals surface area contributed by atoms with Gasteiger partial charge in [-0.05, 0) is 51.0 Å². The van der Waals surface area contributed by atoms with Crippen LogP contribution in [-0.2, 0) is 0 Å². The van der Waals surface area contributed by atoms with Crippen LogP contribution in [-0.4, -0.2) is 58.8 Å². The van der Waals surface area contributed by atoms with Crippen molar-refractivity contribution in [2.75, 3.05) is 19.6 Å². The Bertz CT molecular complexity index is 331. The van der Waals surface area contributed by atoms with E-state index in [1.165, 1.54) is 38.9 Å². The Kier molecular flexibility index (Phi) is 3.65. The van der Waals surface area contributed by atoms with E-state index in [0.29, 0.717) is 17.5 Å². The molecule has 3 fully saturated rings. The molecule has 3 rings (SSSR count). The molecule has 0 aromatic rings. The van der Waals surface area contributed by atoms with Gasteiger partial charge >= 0.3 is 0 Å². The van der Waals surface area contributed by atoms with Crippen LogP contribution in [0.4, 0.5) is 0 Å². The minimum Gasteiger partial charge on any atom is -0.391 e. The molecule has 2 aliphatic heterocycles. The Morgan fingerprint density at radius 3 is 2.74 bits per heavy atom. The third-order valence-electron chi connectivity index (χ3n) is 5.73. The van der Waals surface area contributed by atoms with Crippen molar-refractivity contribution in [3.8, 4) is 0 Å². The first-order valence-electron chi connectivity index (χ1n) is 8.14. The highest BCUT2D eigenvalue weighted by atomic mass is 16.3. The van der Waals surface area contributed by atoms with E-state index in [9.17, 15) is 5.11 Å². The molecule has 1 N–H and O–H groups in total. The average Bonchev–Trinajstić information content (AvgIpc) is 2.78. The number of hydrogen-bond donors (Lipinski definition) is 1. The highest BCUT2D eigenvalue weighted by Crippen LogP contribution is 2.39. The molecule has 0 aromatic heterocycles. The van der Waals surface area contributed by atoms with Crippen molar-refractivity contribution in [3.63, 3.8) is 0 Å². The van der Waals surface area contributed by atoms with Gasteiger partial charge in [0.25, 0.3) is 0 Å². The number of piperazine rings is 1. The maximum atomic E-state index is 10.5. The summed E-state index contributed by atoms with van der Waals surface area (Å²) in [5.41, 5.74) is 0.399. The Balaban J connectivity index is 1.72. The Morgan fingerprint density at radius 2 is 1.95 bits per heavy atom. The lowest BCUT2D eigenvalue weighted by Crippen LogP contribution is -2.61. The van der Waals surface area contributed by atoms with Crippen molar-refractivity contribution in [3.05, 3.63) is 0 Å². The summed E-state index contributed by atoms with van der Waals surface area (Å²) in [5.74, 6) is 0. The zero-order valence-corrected chi connectivity index (χ0v) is 12.8. The molecule has 0 bridgehead atoms. The Labute approximate surface area is 118 Å². The van der Waals surface area contributed by atoms with Gasteiger partial charge < -0.3 is 5.11 Å². The van der Waals surface area contributed by atoms with E-state index < -0.39 is 0 Å². The molecule has 1 saturated carbocycles. The standard InChI is InChI=1S/C16H30N2O/c1-12-10-17-8-4-5-13(17)11-18(12)14-9-16(2,3)7-6-15(14)19/h12-15,19H,4-11H2,1-3H3. The summed E-state index contributed by atoms with van der Waals surface area (Å²) < 4.78 is 0. The van der Waals surface area contributed by atoms with Crippen LogP contribution in [0, 0.1) is 5.41 Å². The number of rotatable bonds is 1. The molecule has 2 saturated heterocycles. The lowest BCUT2D eigenvalue weighted by Gasteiger charge is -2.51. The molecule has 2 heterocycles. The van der Waals surface area contributed by atoms with Crippen molar-refractivity contribution in [1.29, 1.82) is 0 Å². The number of nitrogens with zero attached hydrogens (tertiary/aromatic N) is 2. The topological polar surface area (TPSA) is 26.7 Å². The molecule has 0 radical (unpaired) electrons. The molecule has 1 aliphatic carbocycles. The van der Waals surface area contributed by atoms with Crippen LogP contribution in [0.2, 0.25) is 0 Å². The molecular formula is C16H30N2O. The van der Waals surface area contributed by atoms with E-state index in [0.717, 1.165) is 18.9 Å². The Morgan fingerprint density at radius 1 is 1.16 bits per heavy atom. The summed E-state index contributed by atoms with van der Waals surface area (Å²) in [6.45, 7) is 10.8. The fourth-order valence-electron chi connectivity index (χ4n) is 4.55. The molecule has 19 heavy (non-hydrogen) atoms. The second kappa shape index (κ2) is 5.01. The van der Waals surface area contributed by atoms with Crippen molar-refractivity contribution in [2.45, 2.75) is 77.1 Å². The molecule has 0 spiro atoms. The van der Waals surface area contributed by atoms with E-state index in [-0.39, 0.29) is 6.10 Å². The smallest absolute Gasteiger partial charge is 0.0695 e. The van der Waals surface area contributed by atoms with E-state index in [1.807, 2.05) is 0 Å². The molecule has 4 unspecified atom stereocenters. The molecular weight excluding hydrogens is 236 g/mol. The fraction of sp³-hybridized carbons (Fsp3) is 1.00. The van der Waals surface area contributed by atoms with Crippen LogP contribution >= 0.6 is 0 Å². The minimum atomic E-state index is -0.108. The van der Waals surface area contributed by atoms with Crippen LogP contribution < -0.4 is 0 Å². The summed E-state index contributed by atoms with van der Waals surface area (Å²) in [4.78, 5) is 5.31. The molecule has 4 atom stereocenters. The quantitative estimate of drug-likeness (QED) is 0.787. The number of aliphatic hydroxyl groups excluding tert-OH is 1. The summed E-state index contributed by atoms with van der Waals surface area (Å²) in [5, 5.41) is 10.5. The maximum Gasteiger partial charge on any atom is 0.0695 e. The first-order chi connectivity index (χ1) is 8.96. The third kappa shape index (κ3) is 2.70. The third-order valence-corrected chi connectivity index (χ3v) is 5.73. The van der Waals surface area contributed by atoms with Gasteiger partial charge in [-0.3, -0.25) is 9.80 Å². The Hall–Kier alpha value is -0.120. The van der Waals surface area contributed by atoms with E-state index in [4.69, 9.17) is 0 Å². The second-order valence-corrected chi connectivity index (χ2v) is 7.88. The van der Waals surface area contributed by atoms with Crippen molar-refractivity contribution in [2.24, 2.45) is 5.41 Å². The molecule has 110 valence electrons. The van der Waals surface area contributed by atoms with Crippen LogP contribution in [0.1, 0.15) is 52.9 Å². The predicted octanol–water partition coefficient (Wildman–Crippen LogP) is 2.09. The van der Waals surface area contributed by atoms with Gasteiger partial charge in [-0.25, -0.2) is 0 Å². The summed E-state index contributed by atoms with van der Waals surface area (Å²) in [7, 11) is 0. The van der Waals surface area contributed by atoms with Crippen LogP contribution in [0.25, 0.3) is 0 Å². The van der Waals surface area contributed by atoms with Gasteiger partial charge in [-0.2, -0.15) is 0 Å². The summed E-state index contributed by atoms with van der Waals surface area (Å²) in [6, 6.07) is 1.75. The molecule has 3 aliphatic rings. The normalized spacial score (nSPS) is 44.2. The van der Waals surface area contributed by atoms with Gasteiger partial charge in [0.15, 0.2) is 0 Å². The molecule has 0 amide bonds. The van der Waals surface area contributed by atoms with Crippen molar-refractivity contribution in [1.82, 2.24) is 9.80 Å². The van der Waals surface area contributed by atoms with Crippen molar-refractivity contribution < 1.29 is 5.11 Å². The van der Waals surface area contributed by atoms with Crippen LogP contribution in [0.5, 0.6) is 0 Å². The first-order valence-corrected chi connectivity index (χ1v) is 8.14. The molecule has 3 nitrogen and oxygen atoms in total. The average molecular weight is 266 g/mol. The van der Waals surface area contributed by atoms with E-state index >= 15 is 0 Å². The predicted molar refractivity (Wildman–Crippen MR) is 78.2 cm³/mol. The zero-order chi connectivity index (χ0) is 13.6. The SMILES string of the molecule is CC1CN2CCCC2CN1C1CC(C)(C)CCC1O. The maximum absolute atomic E-state index is 10.5. The van der Waals surface area contributed by atoms with Gasteiger partial charge in [0.2, 0.25) is 0 Å². The molecule has 0 aromatic carbocycles. The number of hydrogen-bond acceptors (Lipinski definition) is 3. The van der Waals surface area contributed by atoms with Gasteiger partial charge in [-0.15, -0.1) is 0 Å². The highest BCUT2D eigenvalue weighted by Gasteiger charge is 2.43. The number of aliphatic hydroxyl groups is 1. The lowest BCUT2D eigenvalue weighted by molar-refractivity contribution is -0.0621. The lowest BCUT2D eigenvalue weighted by atomic mass is 9.73. The first kappa shape index (κ1) is 13.8. The van der Waals surface area contributed by atoms with Gasteiger partial charge in [-0.1, -0.05) is 13.8 Å². The monoisotopic (exact) mass is 266 g/mol. The van der Waals surface area contributed by atoms with Crippen LogP contribution in [0.15, 0.2) is 0 Å². The minimum absolute atomic E-state index is 0.108. The van der Waals surface area contributed by atoms with Gasteiger partial charge in [0, 0.05) is 31.2 Å². The van der Waals surface area contributed by atoms with E-state index in [1.54, 1.807) is 0 Å².